The van der Waals surface area contributed by atoms with E-state index in [-0.39, 0.29) is 0 Å². The normalized spacial score (nSPS) is 49.6. The first-order valence-electron chi connectivity index (χ1n) is 9.34. The molecule has 0 aromatic heterocycles. The Morgan fingerprint density at radius 1 is 1.18 bits per heavy atom. The van der Waals surface area contributed by atoms with E-state index in [9.17, 15) is 5.26 Å². The average Bonchev–Trinajstić information content (AvgIpc) is 2.84. The zero-order valence-corrected chi connectivity index (χ0v) is 14.1. The maximum atomic E-state index is 9.19. The highest BCUT2D eigenvalue weighted by molar-refractivity contribution is 5.34. The Balaban J connectivity index is 1.67. The number of nitrogens with zero attached hydrogens (tertiary/aromatic N) is 1. The van der Waals surface area contributed by atoms with Gasteiger partial charge in [-0.25, -0.2) is 0 Å². The van der Waals surface area contributed by atoms with Crippen LogP contribution in [0.1, 0.15) is 65.2 Å². The van der Waals surface area contributed by atoms with Crippen molar-refractivity contribution in [1.29, 1.82) is 5.26 Å². The summed E-state index contributed by atoms with van der Waals surface area (Å²) in [6.07, 6.45) is 17.5. The summed E-state index contributed by atoms with van der Waals surface area (Å²) in [6.45, 7) is 5.06. The van der Waals surface area contributed by atoms with Crippen molar-refractivity contribution in [1.82, 2.24) is 0 Å². The molecule has 0 aliphatic heterocycles. The first-order chi connectivity index (χ1) is 10.6. The fraction of sp³-hybridized carbons (Fsp3) is 0.762. The third-order valence-corrected chi connectivity index (χ3v) is 8.19. The summed E-state index contributed by atoms with van der Waals surface area (Å²) >= 11 is 0. The Morgan fingerprint density at radius 3 is 2.86 bits per heavy atom. The number of allylic oxidation sites excluding steroid dienone is 4. The van der Waals surface area contributed by atoms with Crippen molar-refractivity contribution in [3.63, 3.8) is 0 Å². The number of rotatable bonds is 1. The van der Waals surface area contributed by atoms with E-state index in [0.29, 0.717) is 16.7 Å². The van der Waals surface area contributed by atoms with Gasteiger partial charge in [-0.15, -0.1) is 0 Å². The van der Waals surface area contributed by atoms with Crippen LogP contribution in [0.5, 0.6) is 0 Å². The van der Waals surface area contributed by atoms with E-state index >= 15 is 0 Å². The molecule has 4 aliphatic carbocycles. The standard InChI is InChI=1S/C21H29N/c1-20-12-4-3-5-15(20)6-8-17-18-9-7-16(11-14-22)21(18,2)13-10-19(17)20/h3,5-6,16-19H,4,7-13H2,1-2H3/t16-,17+,18+,19+,20+,21-/m1/s1. The van der Waals surface area contributed by atoms with Gasteiger partial charge < -0.3 is 0 Å². The molecule has 118 valence electrons. The molecule has 0 heterocycles. The molecule has 0 aromatic carbocycles. The zero-order valence-electron chi connectivity index (χ0n) is 14.1. The molecule has 0 amide bonds. The number of fused-ring (bicyclic) bond motifs is 5. The molecule has 0 spiro atoms. The molecule has 1 heteroatoms. The molecule has 22 heavy (non-hydrogen) atoms. The molecule has 0 N–H and O–H groups in total. The summed E-state index contributed by atoms with van der Waals surface area (Å²) in [6, 6.07) is 2.47. The molecule has 4 rings (SSSR count). The van der Waals surface area contributed by atoms with Gasteiger partial charge in [0.2, 0.25) is 0 Å². The summed E-state index contributed by atoms with van der Waals surface area (Å²) in [5, 5.41) is 9.19. The van der Waals surface area contributed by atoms with Crippen LogP contribution in [0.2, 0.25) is 0 Å². The van der Waals surface area contributed by atoms with Gasteiger partial charge in [-0.3, -0.25) is 0 Å². The van der Waals surface area contributed by atoms with Crippen LogP contribution in [0.15, 0.2) is 23.8 Å². The summed E-state index contributed by atoms with van der Waals surface area (Å²) < 4.78 is 0. The second kappa shape index (κ2) is 4.98. The molecule has 0 saturated heterocycles. The van der Waals surface area contributed by atoms with E-state index in [1.54, 1.807) is 5.57 Å². The predicted molar refractivity (Wildman–Crippen MR) is 89.9 cm³/mol. The molecule has 4 aliphatic rings. The van der Waals surface area contributed by atoms with E-state index in [1.165, 1.54) is 44.9 Å². The second-order valence-electron chi connectivity index (χ2n) is 8.81. The minimum absolute atomic E-state index is 0.437. The SMILES string of the molecule is C[C@]12CC[C@H]3[C@@H](CC=C4C=CCC[C@@]43C)[C@@H]1CC[C@@H]2CC#N. The third kappa shape index (κ3) is 1.82. The Labute approximate surface area is 135 Å². The van der Waals surface area contributed by atoms with Crippen LogP contribution in [0.25, 0.3) is 0 Å². The summed E-state index contributed by atoms with van der Waals surface area (Å²) in [7, 11) is 0. The van der Waals surface area contributed by atoms with E-state index in [0.717, 1.165) is 24.2 Å². The van der Waals surface area contributed by atoms with Crippen LogP contribution in [0, 0.1) is 45.8 Å². The van der Waals surface area contributed by atoms with E-state index in [1.807, 2.05) is 0 Å². The van der Waals surface area contributed by atoms with Crippen LogP contribution in [-0.2, 0) is 0 Å². The van der Waals surface area contributed by atoms with Crippen molar-refractivity contribution in [2.24, 2.45) is 34.5 Å². The molecule has 0 radical (unpaired) electrons. The van der Waals surface area contributed by atoms with E-state index in [4.69, 9.17) is 0 Å². The Bertz CT molecular complexity index is 565. The number of nitriles is 1. The average molecular weight is 295 g/mol. The topological polar surface area (TPSA) is 23.8 Å². The van der Waals surface area contributed by atoms with Crippen LogP contribution >= 0.6 is 0 Å². The third-order valence-electron chi connectivity index (χ3n) is 8.19. The molecule has 6 atom stereocenters. The van der Waals surface area contributed by atoms with Gasteiger partial charge in [-0.1, -0.05) is 32.1 Å². The van der Waals surface area contributed by atoms with Crippen molar-refractivity contribution in [2.75, 3.05) is 0 Å². The molecular formula is C21H29N. The Kier molecular flexibility index (Phi) is 3.30. The maximum absolute atomic E-state index is 9.19. The van der Waals surface area contributed by atoms with Gasteiger partial charge >= 0.3 is 0 Å². The smallest absolute Gasteiger partial charge is 0.0624 e. The van der Waals surface area contributed by atoms with Crippen molar-refractivity contribution in [3.05, 3.63) is 23.8 Å². The highest BCUT2D eigenvalue weighted by atomic mass is 14.6. The first-order valence-corrected chi connectivity index (χ1v) is 9.34. The summed E-state index contributed by atoms with van der Waals surface area (Å²) in [5.74, 6) is 3.29. The van der Waals surface area contributed by atoms with Gasteiger partial charge in [0.15, 0.2) is 0 Å². The second-order valence-corrected chi connectivity index (χ2v) is 8.81. The lowest BCUT2D eigenvalue weighted by Gasteiger charge is -2.56. The highest BCUT2D eigenvalue weighted by Crippen LogP contribution is 2.66. The van der Waals surface area contributed by atoms with Gasteiger partial charge in [-0.2, -0.15) is 5.26 Å². The largest absolute Gasteiger partial charge is 0.198 e. The molecule has 0 aromatic rings. The van der Waals surface area contributed by atoms with Crippen molar-refractivity contribution >= 4 is 0 Å². The van der Waals surface area contributed by atoms with Crippen LogP contribution < -0.4 is 0 Å². The van der Waals surface area contributed by atoms with E-state index < -0.39 is 0 Å². The van der Waals surface area contributed by atoms with Crippen molar-refractivity contribution < 1.29 is 0 Å². The van der Waals surface area contributed by atoms with Crippen LogP contribution in [0.4, 0.5) is 0 Å². The summed E-state index contributed by atoms with van der Waals surface area (Å²) in [4.78, 5) is 0. The van der Waals surface area contributed by atoms with Gasteiger partial charge in [0.1, 0.15) is 0 Å². The fourth-order valence-electron chi connectivity index (χ4n) is 6.85. The highest BCUT2D eigenvalue weighted by Gasteiger charge is 2.57. The monoisotopic (exact) mass is 295 g/mol. The molecule has 1 nitrogen and oxygen atoms in total. The molecule has 0 bridgehead atoms. The van der Waals surface area contributed by atoms with Gasteiger partial charge in [-0.05, 0) is 85.0 Å². The predicted octanol–water partition coefficient (Wildman–Crippen LogP) is 5.65. The Morgan fingerprint density at radius 2 is 2.05 bits per heavy atom. The summed E-state index contributed by atoms with van der Waals surface area (Å²) in [5.41, 5.74) is 2.52. The lowest BCUT2D eigenvalue weighted by Crippen LogP contribution is -2.49. The zero-order chi connectivity index (χ0) is 15.4. The molecule has 2 saturated carbocycles. The number of hydrogen-bond donors (Lipinski definition) is 0. The van der Waals surface area contributed by atoms with E-state index in [2.05, 4.69) is 38.1 Å². The van der Waals surface area contributed by atoms with Crippen LogP contribution in [0.3, 0.4) is 0 Å². The maximum Gasteiger partial charge on any atom is 0.0624 e. The fourth-order valence-corrected chi connectivity index (χ4v) is 6.85. The minimum Gasteiger partial charge on any atom is -0.198 e. The number of hydrogen-bond acceptors (Lipinski definition) is 1. The quantitative estimate of drug-likeness (QED) is 0.613. The van der Waals surface area contributed by atoms with Crippen molar-refractivity contribution in [2.45, 2.75) is 65.2 Å². The van der Waals surface area contributed by atoms with Crippen LogP contribution in [-0.4, -0.2) is 0 Å². The minimum atomic E-state index is 0.437. The van der Waals surface area contributed by atoms with Crippen molar-refractivity contribution in [3.8, 4) is 6.07 Å². The molecular weight excluding hydrogens is 266 g/mol. The van der Waals surface area contributed by atoms with Gasteiger partial charge in [0.25, 0.3) is 0 Å². The van der Waals surface area contributed by atoms with Gasteiger partial charge in [0, 0.05) is 6.42 Å². The lowest BCUT2D eigenvalue weighted by atomic mass is 9.48. The lowest BCUT2D eigenvalue weighted by molar-refractivity contribution is -0.0347. The van der Waals surface area contributed by atoms with Gasteiger partial charge in [0.05, 0.1) is 6.07 Å². The molecule has 2 fully saturated rings. The molecule has 0 unspecified atom stereocenters. The Hall–Kier alpha value is -1.03. The first kappa shape index (κ1) is 14.6.